The third-order valence-electron chi connectivity index (χ3n) is 3.21. The highest BCUT2D eigenvalue weighted by Gasteiger charge is 2.22. The molecule has 1 unspecified atom stereocenters. The first kappa shape index (κ1) is 15.0. The zero-order valence-electron chi connectivity index (χ0n) is 13.2. The quantitative estimate of drug-likeness (QED) is 0.921. The minimum absolute atomic E-state index is 0.112. The predicted octanol–water partition coefficient (Wildman–Crippen LogP) is 4.14. The molecule has 0 bridgehead atoms. The number of rotatable bonds is 4. The van der Waals surface area contributed by atoms with Gasteiger partial charge in [0.05, 0.1) is 28.6 Å². The van der Waals surface area contributed by atoms with Gasteiger partial charge in [-0.2, -0.15) is 5.10 Å². The molecule has 0 radical (unpaired) electrons. The lowest BCUT2D eigenvalue weighted by atomic mass is 9.98. The van der Waals surface area contributed by atoms with E-state index in [4.69, 9.17) is 4.98 Å². The van der Waals surface area contributed by atoms with Crippen molar-refractivity contribution in [3.05, 3.63) is 28.0 Å². The smallest absolute Gasteiger partial charge is 0.0985 e. The molecule has 0 fully saturated rings. The number of anilines is 1. The molecule has 0 amide bonds. The minimum atomic E-state index is 0.112. The van der Waals surface area contributed by atoms with E-state index in [2.05, 4.69) is 52.0 Å². The Morgan fingerprint density at radius 2 is 2.10 bits per heavy atom. The van der Waals surface area contributed by atoms with Crippen molar-refractivity contribution in [2.45, 2.75) is 59.5 Å². The summed E-state index contributed by atoms with van der Waals surface area (Å²) in [5.74, 6) is 0. The molecule has 0 aliphatic heterocycles. The molecule has 0 aromatic carbocycles. The van der Waals surface area contributed by atoms with Gasteiger partial charge in [0.15, 0.2) is 0 Å². The second-order valence-electron chi connectivity index (χ2n) is 6.17. The van der Waals surface area contributed by atoms with Crippen molar-refractivity contribution < 1.29 is 0 Å². The van der Waals surface area contributed by atoms with Gasteiger partial charge in [-0.15, -0.1) is 11.3 Å². The van der Waals surface area contributed by atoms with Gasteiger partial charge in [-0.25, -0.2) is 4.98 Å². The Hall–Kier alpha value is -1.36. The van der Waals surface area contributed by atoms with Crippen molar-refractivity contribution in [1.82, 2.24) is 14.8 Å². The van der Waals surface area contributed by atoms with E-state index < -0.39 is 0 Å². The Morgan fingerprint density at radius 3 is 2.60 bits per heavy atom. The fourth-order valence-electron chi connectivity index (χ4n) is 2.06. The molecule has 1 N–H and O–H groups in total. The monoisotopic (exact) mass is 292 g/mol. The van der Waals surface area contributed by atoms with E-state index >= 15 is 0 Å². The van der Waals surface area contributed by atoms with Crippen LogP contribution in [0.5, 0.6) is 0 Å². The summed E-state index contributed by atoms with van der Waals surface area (Å²) in [5.41, 5.74) is 2.30. The van der Waals surface area contributed by atoms with Gasteiger partial charge in [-0.05, 0) is 20.8 Å². The number of thiazole rings is 1. The Kier molecular flexibility index (Phi) is 4.18. The van der Waals surface area contributed by atoms with E-state index in [1.807, 2.05) is 17.1 Å². The highest BCUT2D eigenvalue weighted by molar-refractivity contribution is 7.12. The molecular weight excluding hydrogens is 268 g/mol. The summed E-state index contributed by atoms with van der Waals surface area (Å²) in [6.45, 7) is 13.9. The van der Waals surface area contributed by atoms with E-state index in [1.54, 1.807) is 11.3 Å². The lowest BCUT2D eigenvalue weighted by Crippen LogP contribution is -2.10. The Balaban J connectivity index is 2.16. The molecule has 2 rings (SSSR count). The van der Waals surface area contributed by atoms with Gasteiger partial charge in [0, 0.05) is 23.0 Å². The first-order valence-corrected chi connectivity index (χ1v) is 7.89. The Morgan fingerprint density at radius 1 is 1.40 bits per heavy atom. The van der Waals surface area contributed by atoms with Crippen LogP contribution >= 0.6 is 11.3 Å². The average Bonchev–Trinajstić information content (AvgIpc) is 2.94. The topological polar surface area (TPSA) is 42.7 Å². The van der Waals surface area contributed by atoms with Gasteiger partial charge in [-0.1, -0.05) is 20.8 Å². The van der Waals surface area contributed by atoms with Crippen LogP contribution in [-0.2, 0) is 12.0 Å². The summed E-state index contributed by atoms with van der Waals surface area (Å²) in [6, 6.07) is 0.248. The van der Waals surface area contributed by atoms with E-state index in [0.29, 0.717) is 0 Å². The van der Waals surface area contributed by atoms with Crippen LogP contribution in [0, 0.1) is 6.92 Å². The van der Waals surface area contributed by atoms with Gasteiger partial charge >= 0.3 is 0 Å². The molecule has 0 spiro atoms. The Labute approximate surface area is 125 Å². The molecule has 5 heteroatoms. The van der Waals surface area contributed by atoms with Crippen molar-refractivity contribution in [3.63, 3.8) is 0 Å². The molecule has 2 heterocycles. The average molecular weight is 292 g/mol. The van der Waals surface area contributed by atoms with Crippen LogP contribution in [0.15, 0.2) is 12.4 Å². The summed E-state index contributed by atoms with van der Waals surface area (Å²) in [6.07, 6.45) is 3.92. The molecule has 2 aromatic rings. The summed E-state index contributed by atoms with van der Waals surface area (Å²) >= 11 is 1.81. The third kappa shape index (κ3) is 3.20. The first-order valence-electron chi connectivity index (χ1n) is 7.08. The zero-order chi connectivity index (χ0) is 14.9. The van der Waals surface area contributed by atoms with E-state index in [0.717, 1.165) is 17.9 Å². The molecule has 0 aliphatic carbocycles. The van der Waals surface area contributed by atoms with Crippen molar-refractivity contribution in [2.24, 2.45) is 0 Å². The lowest BCUT2D eigenvalue weighted by Gasteiger charge is -2.14. The van der Waals surface area contributed by atoms with Crippen LogP contribution in [0.1, 0.15) is 56.2 Å². The molecule has 2 aromatic heterocycles. The number of hydrogen-bond acceptors (Lipinski definition) is 4. The molecule has 110 valence electrons. The van der Waals surface area contributed by atoms with Crippen LogP contribution < -0.4 is 5.32 Å². The first-order chi connectivity index (χ1) is 9.31. The molecule has 4 nitrogen and oxygen atoms in total. The Bertz CT molecular complexity index is 577. The fraction of sp³-hybridized carbons (Fsp3) is 0.600. The summed E-state index contributed by atoms with van der Waals surface area (Å²) in [4.78, 5) is 6.03. The van der Waals surface area contributed by atoms with Crippen LogP contribution in [0.25, 0.3) is 0 Å². The number of nitrogens with zero attached hydrogens (tertiary/aromatic N) is 3. The number of aromatic nitrogens is 3. The summed E-state index contributed by atoms with van der Waals surface area (Å²) < 4.78 is 1.93. The van der Waals surface area contributed by atoms with E-state index in [-0.39, 0.29) is 11.5 Å². The van der Waals surface area contributed by atoms with Gasteiger partial charge in [0.2, 0.25) is 0 Å². The second-order valence-corrected chi connectivity index (χ2v) is 7.20. The fourth-order valence-corrected chi connectivity index (χ4v) is 3.18. The molecule has 20 heavy (non-hydrogen) atoms. The molecule has 0 saturated carbocycles. The van der Waals surface area contributed by atoms with Crippen molar-refractivity contribution in [3.8, 4) is 0 Å². The van der Waals surface area contributed by atoms with Gasteiger partial charge in [-0.3, -0.25) is 4.68 Å². The number of aryl methyl sites for hydroxylation is 2. The SMILES string of the molecule is CCn1cc(NC(C)c2sc(C(C)(C)C)nc2C)cn1. The van der Waals surface area contributed by atoms with E-state index in [9.17, 15) is 0 Å². The highest BCUT2D eigenvalue weighted by Crippen LogP contribution is 2.33. The number of hydrogen-bond donors (Lipinski definition) is 1. The van der Waals surface area contributed by atoms with Gasteiger partial charge in [0.1, 0.15) is 0 Å². The van der Waals surface area contributed by atoms with Crippen LogP contribution in [0.3, 0.4) is 0 Å². The highest BCUT2D eigenvalue weighted by atomic mass is 32.1. The maximum atomic E-state index is 4.72. The molecule has 0 aliphatic rings. The van der Waals surface area contributed by atoms with Crippen molar-refractivity contribution in [1.29, 1.82) is 0 Å². The second kappa shape index (κ2) is 5.56. The largest absolute Gasteiger partial charge is 0.375 e. The summed E-state index contributed by atoms with van der Waals surface area (Å²) in [5, 5.41) is 8.99. The summed E-state index contributed by atoms with van der Waals surface area (Å²) in [7, 11) is 0. The maximum absolute atomic E-state index is 4.72. The normalized spacial score (nSPS) is 13.5. The molecular formula is C15H24N4S. The van der Waals surface area contributed by atoms with Crippen LogP contribution in [0.2, 0.25) is 0 Å². The van der Waals surface area contributed by atoms with Gasteiger partial charge < -0.3 is 5.32 Å². The van der Waals surface area contributed by atoms with Crippen LogP contribution in [-0.4, -0.2) is 14.8 Å². The predicted molar refractivity (Wildman–Crippen MR) is 85.5 cm³/mol. The number of nitrogens with one attached hydrogen (secondary N) is 1. The lowest BCUT2D eigenvalue weighted by molar-refractivity contribution is 0.584. The van der Waals surface area contributed by atoms with Gasteiger partial charge in [0.25, 0.3) is 0 Å². The maximum Gasteiger partial charge on any atom is 0.0985 e. The molecule has 0 saturated heterocycles. The molecule has 1 atom stereocenters. The third-order valence-corrected chi connectivity index (χ3v) is 4.97. The zero-order valence-corrected chi connectivity index (χ0v) is 14.0. The van der Waals surface area contributed by atoms with Crippen molar-refractivity contribution >= 4 is 17.0 Å². The van der Waals surface area contributed by atoms with Crippen LogP contribution in [0.4, 0.5) is 5.69 Å². The minimum Gasteiger partial charge on any atom is -0.375 e. The van der Waals surface area contributed by atoms with E-state index in [1.165, 1.54) is 9.88 Å². The van der Waals surface area contributed by atoms with Crippen molar-refractivity contribution in [2.75, 3.05) is 5.32 Å². The standard InChI is InChI=1S/C15H24N4S/c1-7-19-9-12(8-16-19)17-10(2)13-11(3)18-14(20-13)15(4,5)6/h8-10,17H,7H2,1-6H3.